The second kappa shape index (κ2) is 6.81. The van der Waals surface area contributed by atoms with Gasteiger partial charge >= 0.3 is 5.51 Å². The summed E-state index contributed by atoms with van der Waals surface area (Å²) in [5.74, 6) is 0. The molecule has 0 bridgehead atoms. The lowest BCUT2D eigenvalue weighted by Gasteiger charge is -2.00. The molecule has 0 fully saturated rings. The zero-order chi connectivity index (χ0) is 14.0. The predicted octanol–water partition coefficient (Wildman–Crippen LogP) is 6.39. The van der Waals surface area contributed by atoms with Gasteiger partial charge < -0.3 is 0 Å². The molecule has 0 saturated carbocycles. The standard InChI is InChI=1S/C15H18F3S.ClH/c1-3-5-11-7-8-12-10-13(6-4-2)19(14(12)9-11)15(16,17)18;/h7-10H,3-6H2,1-2H3;1H/q+1;. The normalized spacial score (nSPS) is 12.6. The predicted molar refractivity (Wildman–Crippen MR) is 83.0 cm³/mol. The average Bonchev–Trinajstić information content (AvgIpc) is 2.67. The third-order valence-electron chi connectivity index (χ3n) is 3.14. The topological polar surface area (TPSA) is 0 Å². The summed E-state index contributed by atoms with van der Waals surface area (Å²) in [7, 11) is -1.71. The Labute approximate surface area is 126 Å². The Bertz CT molecular complexity index is 572. The molecule has 2 aromatic rings. The molecule has 0 radical (unpaired) electrons. The van der Waals surface area contributed by atoms with Crippen LogP contribution in [0.25, 0.3) is 10.1 Å². The van der Waals surface area contributed by atoms with E-state index >= 15 is 0 Å². The molecule has 0 aliphatic heterocycles. The number of alkyl halides is 3. The smallest absolute Gasteiger partial charge is 0.147 e. The minimum absolute atomic E-state index is 0. The van der Waals surface area contributed by atoms with Gasteiger partial charge in [-0.05, 0) is 24.5 Å². The summed E-state index contributed by atoms with van der Waals surface area (Å²) in [6, 6.07) is 7.29. The molecule has 0 aliphatic carbocycles. The number of thiophene rings is 1. The van der Waals surface area contributed by atoms with Crippen molar-refractivity contribution >= 4 is 33.0 Å². The molecule has 20 heavy (non-hydrogen) atoms. The molecule has 1 aromatic heterocycles. The highest BCUT2D eigenvalue weighted by molar-refractivity contribution is 7.38. The van der Waals surface area contributed by atoms with E-state index in [-0.39, 0.29) is 12.4 Å². The molecule has 0 N–H and O–H groups in total. The van der Waals surface area contributed by atoms with E-state index in [1.54, 1.807) is 12.1 Å². The highest BCUT2D eigenvalue weighted by atomic mass is 35.5. The van der Waals surface area contributed by atoms with Gasteiger partial charge in [0.1, 0.15) is 0 Å². The van der Waals surface area contributed by atoms with Crippen molar-refractivity contribution in [1.82, 2.24) is 0 Å². The first kappa shape index (κ1) is 17.3. The number of hydrogen-bond acceptors (Lipinski definition) is 0. The second-order valence-corrected chi connectivity index (χ2v) is 6.77. The molecule has 0 aliphatic rings. The summed E-state index contributed by atoms with van der Waals surface area (Å²) in [5, 5.41) is 0.754. The molecule has 0 saturated heterocycles. The maximum atomic E-state index is 13.3. The van der Waals surface area contributed by atoms with E-state index in [1.165, 1.54) is 0 Å². The summed E-state index contributed by atoms with van der Waals surface area (Å²) in [5.41, 5.74) is -3.15. The Balaban J connectivity index is 0.00000200. The van der Waals surface area contributed by atoms with Crippen LogP contribution < -0.4 is 0 Å². The first-order valence-corrected chi connectivity index (χ1v) is 7.84. The van der Waals surface area contributed by atoms with Crippen molar-refractivity contribution in [3.8, 4) is 0 Å². The fourth-order valence-electron chi connectivity index (χ4n) is 2.39. The van der Waals surface area contributed by atoms with Crippen LogP contribution in [0, 0.1) is 0 Å². The Kier molecular flexibility index (Phi) is 5.90. The molecule has 0 spiro atoms. The van der Waals surface area contributed by atoms with Crippen molar-refractivity contribution in [2.75, 3.05) is 0 Å². The maximum absolute atomic E-state index is 13.3. The summed E-state index contributed by atoms with van der Waals surface area (Å²) < 4.78 is 40.4. The molecule has 112 valence electrons. The minimum atomic E-state index is -4.16. The SMILES string of the molecule is CCCc1ccc2cc(CCC)[s+](C(F)(F)F)c2c1.Cl. The van der Waals surface area contributed by atoms with Crippen molar-refractivity contribution < 1.29 is 13.2 Å². The van der Waals surface area contributed by atoms with Crippen LogP contribution in [0.1, 0.15) is 37.1 Å². The minimum Gasteiger partial charge on any atom is -0.147 e. The summed E-state index contributed by atoms with van der Waals surface area (Å²) in [6.45, 7) is 3.96. The van der Waals surface area contributed by atoms with Gasteiger partial charge in [-0.25, -0.2) is 0 Å². The van der Waals surface area contributed by atoms with Crippen LogP contribution in [-0.4, -0.2) is 0 Å². The van der Waals surface area contributed by atoms with Crippen LogP contribution in [0.15, 0.2) is 24.3 Å². The van der Waals surface area contributed by atoms with Crippen LogP contribution in [0.5, 0.6) is 0 Å². The van der Waals surface area contributed by atoms with Gasteiger partial charge in [-0.1, -0.05) is 26.3 Å². The van der Waals surface area contributed by atoms with Crippen molar-refractivity contribution in [3.63, 3.8) is 0 Å². The molecule has 1 heterocycles. The Morgan fingerprint density at radius 2 is 1.65 bits per heavy atom. The number of aryl methyl sites for hydroxylation is 2. The third-order valence-corrected chi connectivity index (χ3v) is 5.25. The largest absolute Gasteiger partial charge is 0.600 e. The number of rotatable bonds is 4. The molecule has 5 heteroatoms. The van der Waals surface area contributed by atoms with Crippen molar-refractivity contribution in [3.05, 3.63) is 34.7 Å². The molecular weight excluding hydrogens is 305 g/mol. The van der Waals surface area contributed by atoms with E-state index in [1.807, 2.05) is 26.0 Å². The molecule has 1 aromatic carbocycles. The molecule has 0 nitrogen and oxygen atoms in total. The lowest BCUT2D eigenvalue weighted by molar-refractivity contribution is -0.0867. The van der Waals surface area contributed by atoms with Crippen molar-refractivity contribution in [1.29, 1.82) is 0 Å². The van der Waals surface area contributed by atoms with E-state index < -0.39 is 16.0 Å². The van der Waals surface area contributed by atoms with Crippen LogP contribution in [0.4, 0.5) is 13.2 Å². The van der Waals surface area contributed by atoms with E-state index in [9.17, 15) is 13.2 Å². The highest BCUT2D eigenvalue weighted by Crippen LogP contribution is 2.51. The molecule has 1 atom stereocenters. The van der Waals surface area contributed by atoms with Gasteiger partial charge in [-0.15, -0.1) is 25.6 Å². The van der Waals surface area contributed by atoms with Crippen molar-refractivity contribution in [2.45, 2.75) is 45.0 Å². The summed E-state index contributed by atoms with van der Waals surface area (Å²) in [4.78, 5) is 0.540. The van der Waals surface area contributed by atoms with Crippen LogP contribution in [0.3, 0.4) is 0 Å². The van der Waals surface area contributed by atoms with Crippen LogP contribution >= 0.6 is 22.9 Å². The lowest BCUT2D eigenvalue weighted by Crippen LogP contribution is -1.98. The van der Waals surface area contributed by atoms with Gasteiger partial charge in [0.05, 0.1) is 10.5 Å². The van der Waals surface area contributed by atoms with Crippen molar-refractivity contribution in [2.24, 2.45) is 0 Å². The van der Waals surface area contributed by atoms with Gasteiger partial charge in [0.25, 0.3) is 0 Å². The van der Waals surface area contributed by atoms with Gasteiger partial charge in [0.15, 0.2) is 9.58 Å². The van der Waals surface area contributed by atoms with E-state index in [0.29, 0.717) is 16.0 Å². The van der Waals surface area contributed by atoms with Gasteiger partial charge in [-0.2, -0.15) is 0 Å². The first-order valence-electron chi connectivity index (χ1n) is 6.62. The number of hydrogen-bond donors (Lipinski definition) is 0. The van der Waals surface area contributed by atoms with E-state index in [0.717, 1.165) is 30.2 Å². The molecule has 2 rings (SSSR count). The number of halogens is 4. The fraction of sp³-hybridized carbons (Fsp3) is 0.467. The zero-order valence-corrected chi connectivity index (χ0v) is 13.2. The van der Waals surface area contributed by atoms with E-state index in [2.05, 4.69) is 0 Å². The van der Waals surface area contributed by atoms with Gasteiger partial charge in [-0.3, -0.25) is 0 Å². The molecular formula is C15H19ClF3S+. The zero-order valence-electron chi connectivity index (χ0n) is 11.6. The highest BCUT2D eigenvalue weighted by Gasteiger charge is 2.47. The Morgan fingerprint density at radius 1 is 1.00 bits per heavy atom. The third kappa shape index (κ3) is 3.47. The number of benzene rings is 1. The number of fused-ring (bicyclic) bond motifs is 1. The lowest BCUT2D eigenvalue weighted by atomic mass is 10.1. The van der Waals surface area contributed by atoms with E-state index in [4.69, 9.17) is 0 Å². The monoisotopic (exact) mass is 323 g/mol. The molecule has 0 amide bonds. The average molecular weight is 324 g/mol. The van der Waals surface area contributed by atoms with Gasteiger partial charge in [0.2, 0.25) is 0 Å². The second-order valence-electron chi connectivity index (χ2n) is 4.73. The summed E-state index contributed by atoms with van der Waals surface area (Å²) in [6.07, 6.45) is 3.07. The van der Waals surface area contributed by atoms with Gasteiger partial charge in [0, 0.05) is 23.9 Å². The fourth-order valence-corrected chi connectivity index (χ4v) is 4.50. The Morgan fingerprint density at radius 3 is 2.20 bits per heavy atom. The maximum Gasteiger partial charge on any atom is 0.600 e. The van der Waals surface area contributed by atoms with Crippen LogP contribution in [0.2, 0.25) is 0 Å². The quantitative estimate of drug-likeness (QED) is 0.572. The van der Waals surface area contributed by atoms with Crippen LogP contribution in [-0.2, 0) is 18.3 Å². The summed E-state index contributed by atoms with van der Waals surface area (Å²) >= 11 is 0. The Hall–Kier alpha value is -0.740. The first-order chi connectivity index (χ1) is 8.97. The molecule has 1 unspecified atom stereocenters.